The van der Waals surface area contributed by atoms with Gasteiger partial charge in [-0.05, 0) is 87.1 Å². The molecular formula is C50H63N7O9. The Morgan fingerprint density at radius 2 is 1.85 bits per heavy atom. The Morgan fingerprint density at radius 3 is 2.58 bits per heavy atom. The van der Waals surface area contributed by atoms with Crippen molar-refractivity contribution in [2.24, 2.45) is 28.6 Å². The van der Waals surface area contributed by atoms with E-state index in [4.69, 9.17) is 38.1 Å². The molecule has 16 heteroatoms. The third kappa shape index (κ3) is 7.94. The first-order chi connectivity index (χ1) is 31.9. The highest BCUT2D eigenvalue weighted by Crippen LogP contribution is 2.47. The van der Waals surface area contributed by atoms with E-state index in [1.54, 1.807) is 18.4 Å². The van der Waals surface area contributed by atoms with E-state index in [1.807, 2.05) is 19.2 Å². The van der Waals surface area contributed by atoms with E-state index in [9.17, 15) is 9.59 Å². The van der Waals surface area contributed by atoms with Gasteiger partial charge in [0, 0.05) is 91.0 Å². The fraction of sp³-hybridized carbons (Fsp3) is 0.620. The second kappa shape index (κ2) is 17.1. The zero-order valence-corrected chi connectivity index (χ0v) is 38.8. The second-order valence-corrected chi connectivity index (χ2v) is 21.1. The largest absolute Gasteiger partial charge is 0.464 e. The van der Waals surface area contributed by atoms with E-state index >= 15 is 4.79 Å². The summed E-state index contributed by atoms with van der Waals surface area (Å²) in [6.07, 6.45) is 7.70. The van der Waals surface area contributed by atoms with Gasteiger partial charge in [0.2, 0.25) is 11.8 Å². The van der Waals surface area contributed by atoms with E-state index in [0.29, 0.717) is 83.5 Å². The van der Waals surface area contributed by atoms with E-state index in [1.165, 1.54) is 0 Å². The molecule has 0 unspecified atom stereocenters. The molecule has 8 aliphatic rings. The molecule has 2 aliphatic carbocycles. The number of oxazole rings is 1. The molecule has 5 saturated heterocycles. The molecule has 2 amide bonds. The lowest BCUT2D eigenvalue weighted by molar-refractivity contribution is -0.205. The molecule has 352 valence electrons. The van der Waals surface area contributed by atoms with Gasteiger partial charge in [0.25, 0.3) is 5.91 Å². The number of benzene rings is 1. The minimum Gasteiger partial charge on any atom is -0.464 e. The number of fused-ring (bicyclic) bond motifs is 4. The zero-order chi connectivity index (χ0) is 45.5. The van der Waals surface area contributed by atoms with E-state index in [-0.39, 0.29) is 65.8 Å². The molecule has 66 heavy (non-hydrogen) atoms. The number of cyclic esters (lactones) is 1. The van der Waals surface area contributed by atoms with Crippen molar-refractivity contribution in [3.05, 3.63) is 59.9 Å². The summed E-state index contributed by atoms with van der Waals surface area (Å²) in [6, 6.07) is 7.89. The lowest BCUT2D eigenvalue weighted by Crippen LogP contribution is -2.73. The predicted octanol–water partition coefficient (Wildman–Crippen LogP) is 5.39. The zero-order valence-electron chi connectivity index (χ0n) is 38.8. The first-order valence-corrected chi connectivity index (χ1v) is 24.1. The molecule has 4 aromatic rings. The van der Waals surface area contributed by atoms with Crippen LogP contribution < -0.4 is 10.7 Å². The average Bonchev–Trinajstić information content (AvgIpc) is 3.69. The molecule has 1 spiro atoms. The van der Waals surface area contributed by atoms with Crippen molar-refractivity contribution in [1.82, 2.24) is 35.2 Å². The Hall–Kier alpha value is -4.71. The van der Waals surface area contributed by atoms with Gasteiger partial charge in [-0.1, -0.05) is 26.8 Å². The Kier molecular flexibility index (Phi) is 11.4. The molecule has 3 aromatic heterocycles. The number of pyridine rings is 1. The second-order valence-electron chi connectivity index (χ2n) is 21.1. The van der Waals surface area contributed by atoms with Gasteiger partial charge in [0.05, 0.1) is 50.0 Å². The van der Waals surface area contributed by atoms with Gasteiger partial charge in [0.1, 0.15) is 30.1 Å². The highest BCUT2D eigenvalue weighted by atomic mass is 16.5. The van der Waals surface area contributed by atoms with Crippen LogP contribution in [-0.4, -0.2) is 126 Å². The lowest BCUT2D eigenvalue weighted by Gasteiger charge is -2.58. The minimum atomic E-state index is -1.04. The number of nitrogens with zero attached hydrogens (tertiary/aromatic N) is 5. The van der Waals surface area contributed by atoms with Crippen LogP contribution in [-0.2, 0) is 51.0 Å². The molecule has 2 saturated carbocycles. The molecule has 16 nitrogen and oxygen atoms in total. The number of carbonyl (C=O) groups is 3. The van der Waals surface area contributed by atoms with Crippen molar-refractivity contribution in [2.75, 3.05) is 59.8 Å². The monoisotopic (exact) mass is 905 g/mol. The highest BCUT2D eigenvalue weighted by Gasteiger charge is 2.57. The van der Waals surface area contributed by atoms with Crippen molar-refractivity contribution < 1.29 is 42.5 Å². The molecule has 2 N–H and O–H groups in total. The maximum Gasteiger partial charge on any atom is 0.325 e. The smallest absolute Gasteiger partial charge is 0.325 e. The topological polar surface area (TPSA) is 172 Å². The maximum absolute atomic E-state index is 15.2. The van der Waals surface area contributed by atoms with Gasteiger partial charge in [-0.3, -0.25) is 29.3 Å². The number of methoxy groups -OCH3 is 1. The van der Waals surface area contributed by atoms with Gasteiger partial charge in [0.15, 0.2) is 0 Å². The fourth-order valence-corrected chi connectivity index (χ4v) is 11.4. The molecule has 0 radical (unpaired) electrons. The standard InChI is InChI=1S/C50H63N7O9/c1-28-17-35(28)45(58)53-42-44(55-23-50(24-55)26-63-27-50)46-52-38(22-65-46)30-8-9-39-36(20-30)37(21-49(3,4)25-66-48(60)41-31-18-32(19-31)57(54-41)47(42)59)43(34-7-6-12-51-40(34)29(2)61-5)56(39)13-16-64-33-10-14-62-15-11-33/h6-9,12,20,22,28-29,31-33,35,41-42,44,54H,10-11,13-19,21,23-27H2,1-5H3,(H,53,58)/t28-,29-,31?,32?,35-,41-,42-,44-/m0/s1. The average molecular weight is 906 g/mol. The van der Waals surface area contributed by atoms with Crippen molar-refractivity contribution in [1.29, 1.82) is 0 Å². The fourth-order valence-electron chi connectivity index (χ4n) is 11.4. The predicted molar refractivity (Wildman–Crippen MR) is 241 cm³/mol. The Bertz CT molecular complexity index is 2500. The third-order valence-electron chi connectivity index (χ3n) is 15.5. The van der Waals surface area contributed by atoms with Crippen LogP contribution in [0, 0.1) is 28.6 Å². The van der Waals surface area contributed by atoms with Crippen LogP contribution in [0.4, 0.5) is 0 Å². The summed E-state index contributed by atoms with van der Waals surface area (Å²) in [5, 5.41) is 5.84. The molecule has 9 heterocycles. The van der Waals surface area contributed by atoms with Crippen LogP contribution in [0.25, 0.3) is 33.4 Å². The van der Waals surface area contributed by atoms with Gasteiger partial charge < -0.3 is 38.0 Å². The van der Waals surface area contributed by atoms with Crippen molar-refractivity contribution >= 4 is 28.7 Å². The molecular weight excluding hydrogens is 843 g/mol. The SMILES string of the molecule is CO[C@@H](C)c1ncccc1-c1c2c3cc(ccc3n1CCOC1CCOCC1)-c1coc(n1)[C@@H](N1CC3(COC3)C1)[C@H](NC(=O)[C@H]1C[C@@H]1C)C(=O)N1N[C@H](C(=O)OCC(C)(C)C2)C2CC1C2. The van der Waals surface area contributed by atoms with Crippen LogP contribution in [0.1, 0.15) is 89.1 Å². The molecule has 1 aromatic carbocycles. The third-order valence-corrected chi connectivity index (χ3v) is 15.5. The van der Waals surface area contributed by atoms with Crippen LogP contribution >= 0.6 is 0 Å². The number of ether oxygens (including phenoxy) is 5. The Balaban J connectivity index is 1.06. The summed E-state index contributed by atoms with van der Waals surface area (Å²) in [4.78, 5) is 55.7. The quantitative estimate of drug-likeness (QED) is 0.194. The number of hydrogen-bond donors (Lipinski definition) is 2. The summed E-state index contributed by atoms with van der Waals surface area (Å²) in [7, 11) is 1.70. The van der Waals surface area contributed by atoms with Gasteiger partial charge in [-0.25, -0.2) is 10.4 Å². The number of aromatic nitrogens is 3. The first kappa shape index (κ1) is 43.8. The van der Waals surface area contributed by atoms with Crippen molar-refractivity contribution in [2.45, 2.75) is 109 Å². The number of likely N-dealkylation sites (tertiary alicyclic amines) is 1. The maximum atomic E-state index is 15.2. The minimum absolute atomic E-state index is 0.00537. The number of hydrazine groups is 1. The summed E-state index contributed by atoms with van der Waals surface area (Å²) < 4.78 is 38.9. The molecule has 7 fully saturated rings. The van der Waals surface area contributed by atoms with Crippen LogP contribution in [0.2, 0.25) is 0 Å². The van der Waals surface area contributed by atoms with Gasteiger partial charge >= 0.3 is 5.97 Å². The van der Waals surface area contributed by atoms with Gasteiger partial charge in [-0.2, -0.15) is 0 Å². The molecule has 6 atom stereocenters. The molecule has 12 rings (SSSR count). The van der Waals surface area contributed by atoms with Crippen LogP contribution in [0.5, 0.6) is 0 Å². The van der Waals surface area contributed by atoms with Crippen LogP contribution in [0.3, 0.4) is 0 Å². The number of hydrogen-bond acceptors (Lipinski definition) is 13. The summed E-state index contributed by atoms with van der Waals surface area (Å²) in [5.41, 5.74) is 9.14. The van der Waals surface area contributed by atoms with Gasteiger partial charge in [-0.15, -0.1) is 0 Å². The van der Waals surface area contributed by atoms with E-state index < -0.39 is 23.5 Å². The number of rotatable bonds is 10. The lowest BCUT2D eigenvalue weighted by atomic mass is 9.72. The number of esters is 1. The normalized spacial score (nSPS) is 29.9. The van der Waals surface area contributed by atoms with E-state index in [0.717, 1.165) is 58.2 Å². The number of nitrogens with one attached hydrogen (secondary N) is 2. The summed E-state index contributed by atoms with van der Waals surface area (Å²) >= 11 is 0. The Labute approximate surface area is 385 Å². The van der Waals surface area contributed by atoms with Crippen molar-refractivity contribution in [3.8, 4) is 22.5 Å². The highest BCUT2D eigenvalue weighted by molar-refractivity contribution is 5.95. The Morgan fingerprint density at radius 1 is 1.06 bits per heavy atom. The molecule has 6 aliphatic heterocycles. The van der Waals surface area contributed by atoms with Crippen molar-refractivity contribution in [3.63, 3.8) is 0 Å². The summed E-state index contributed by atoms with van der Waals surface area (Å²) in [6.45, 7) is 13.6. The van der Waals surface area contributed by atoms with Crippen LogP contribution in [0.15, 0.2) is 47.2 Å². The number of amides is 2. The van der Waals surface area contributed by atoms with E-state index in [2.05, 4.69) is 65.2 Å². The molecule has 8 bridgehead atoms. The summed E-state index contributed by atoms with van der Waals surface area (Å²) in [5.74, 6) is -0.420. The number of carbonyl (C=O) groups excluding carboxylic acids is 3. The first-order valence-electron chi connectivity index (χ1n) is 24.1.